The van der Waals surface area contributed by atoms with Crippen molar-refractivity contribution >= 4 is 63.6 Å². The Morgan fingerprint density at radius 2 is 1.92 bits per heavy atom. The van der Waals surface area contributed by atoms with Gasteiger partial charge in [0, 0.05) is 47.2 Å². The van der Waals surface area contributed by atoms with Gasteiger partial charge in [-0.05, 0) is 64.7 Å². The minimum atomic E-state index is -0.826. The summed E-state index contributed by atoms with van der Waals surface area (Å²) in [5.74, 6) is 0.726. The maximum atomic E-state index is 14.2. The third-order valence-corrected chi connectivity index (χ3v) is 9.00. The van der Waals surface area contributed by atoms with Crippen molar-refractivity contribution in [1.82, 2.24) is 24.9 Å². The topological polar surface area (TPSA) is 146 Å². The van der Waals surface area contributed by atoms with E-state index in [-0.39, 0.29) is 24.0 Å². The van der Waals surface area contributed by atoms with Gasteiger partial charge in [0.2, 0.25) is 11.9 Å². The smallest absolute Gasteiger partial charge is 0.287 e. The van der Waals surface area contributed by atoms with Gasteiger partial charge < -0.3 is 4.98 Å². The number of benzene rings is 2. The van der Waals surface area contributed by atoms with E-state index in [4.69, 9.17) is 33.2 Å². The van der Waals surface area contributed by atoms with Crippen molar-refractivity contribution in [2.75, 3.05) is 15.3 Å². The molecule has 0 saturated carbocycles. The lowest BCUT2D eigenvalue weighted by atomic mass is 10.0. The van der Waals surface area contributed by atoms with Crippen LogP contribution in [-0.2, 0) is 4.79 Å². The molecule has 6 aromatic rings. The number of nitrogens with one attached hydrogen (secondary N) is 2. The van der Waals surface area contributed by atoms with Crippen molar-refractivity contribution in [2.45, 2.75) is 25.9 Å². The molecule has 240 valence electrons. The summed E-state index contributed by atoms with van der Waals surface area (Å²) in [5.41, 5.74) is 8.31. The number of hydrogen-bond acceptors (Lipinski definition) is 10. The van der Waals surface area contributed by atoms with Gasteiger partial charge in [0.15, 0.2) is 6.17 Å². The van der Waals surface area contributed by atoms with E-state index in [1.54, 1.807) is 53.1 Å². The summed E-state index contributed by atoms with van der Waals surface area (Å²) in [6.07, 6.45) is 6.03. The predicted octanol–water partition coefficient (Wildman–Crippen LogP) is 8.55. The van der Waals surface area contributed by atoms with E-state index in [0.29, 0.717) is 44.9 Å². The monoisotopic (exact) mass is 697 g/mol. The Hall–Kier alpha value is -5.37. The number of hydrazine groups is 1. The second-order valence-electron chi connectivity index (χ2n) is 10.8. The fourth-order valence-corrected chi connectivity index (χ4v) is 6.70. The number of aromatic nitrogens is 5. The highest BCUT2D eigenvalue weighted by atomic mass is 35.5. The molecule has 0 aliphatic carbocycles. The van der Waals surface area contributed by atoms with Crippen molar-refractivity contribution in [3.63, 3.8) is 0 Å². The molecule has 48 heavy (non-hydrogen) atoms. The van der Waals surface area contributed by atoms with Gasteiger partial charge in [-0.25, -0.2) is 24.9 Å². The predicted molar refractivity (Wildman–Crippen MR) is 187 cm³/mol. The minimum absolute atomic E-state index is 0.109. The molecule has 2 aromatic carbocycles. The molecule has 0 saturated heterocycles. The molecule has 1 amide bonds. The Morgan fingerprint density at radius 1 is 1.04 bits per heavy atom. The molecule has 0 radical (unpaired) electrons. The van der Waals surface area contributed by atoms with Crippen LogP contribution in [0.15, 0.2) is 90.1 Å². The van der Waals surface area contributed by atoms with Crippen LogP contribution in [0.1, 0.15) is 31.5 Å². The van der Waals surface area contributed by atoms with E-state index in [1.807, 2.05) is 36.6 Å². The van der Waals surface area contributed by atoms with Gasteiger partial charge in [0.25, 0.3) is 5.69 Å². The van der Waals surface area contributed by atoms with Crippen molar-refractivity contribution in [3.8, 4) is 33.8 Å². The van der Waals surface area contributed by atoms with Crippen LogP contribution in [0.5, 0.6) is 0 Å². The number of fused-ring (bicyclic) bond motifs is 1. The number of aromatic amines is 1. The van der Waals surface area contributed by atoms with E-state index in [2.05, 4.69) is 25.8 Å². The largest absolute Gasteiger partial charge is 0.345 e. The Labute approximate surface area is 288 Å². The molecule has 2 N–H and O–H groups in total. The number of carbonyl (C=O) groups excluding carboxylic acids is 1. The van der Waals surface area contributed by atoms with Crippen LogP contribution in [0.2, 0.25) is 10.0 Å². The Bertz CT molecular complexity index is 2130. The van der Waals surface area contributed by atoms with Gasteiger partial charge in [0.05, 0.1) is 26.9 Å². The molecular formula is C33H25Cl2N9O3S. The number of imidazole rings is 1. The lowest BCUT2D eigenvalue weighted by Gasteiger charge is -2.34. The first-order valence-corrected chi connectivity index (χ1v) is 16.5. The molecule has 12 nitrogen and oxygen atoms in total. The van der Waals surface area contributed by atoms with Crippen LogP contribution >= 0.6 is 34.5 Å². The molecule has 7 rings (SSSR count). The molecule has 0 spiro atoms. The van der Waals surface area contributed by atoms with Crippen molar-refractivity contribution < 1.29 is 9.72 Å². The maximum absolute atomic E-state index is 14.2. The van der Waals surface area contributed by atoms with Gasteiger partial charge in [0.1, 0.15) is 17.8 Å². The van der Waals surface area contributed by atoms with Gasteiger partial charge in [-0.3, -0.25) is 25.2 Å². The lowest BCUT2D eigenvalue weighted by Crippen LogP contribution is -2.45. The average molecular weight is 699 g/mol. The summed E-state index contributed by atoms with van der Waals surface area (Å²) in [6.45, 7) is 1.92. The number of thiophene rings is 1. The molecule has 1 aliphatic heterocycles. The first-order valence-electron chi connectivity index (χ1n) is 14.8. The highest BCUT2D eigenvalue weighted by Gasteiger charge is 2.41. The molecule has 5 heterocycles. The van der Waals surface area contributed by atoms with Crippen molar-refractivity contribution in [1.29, 1.82) is 0 Å². The number of anilines is 3. The summed E-state index contributed by atoms with van der Waals surface area (Å²) in [5, 5.41) is 18.0. The van der Waals surface area contributed by atoms with E-state index in [0.717, 1.165) is 22.4 Å². The van der Waals surface area contributed by atoms with E-state index in [1.165, 1.54) is 23.2 Å². The molecular weight excluding hydrogens is 673 g/mol. The SMILES string of the molecule is CCCC(=O)N(c1ncc(-c2ncc[nH]2)c(-c2ccc(Cl)cc2Cl)n1)C1c2ccc(-c3ccsc3)cc2NN1c1ccc([N+](=O)[O-])cn1. The number of nitrogens with zero attached hydrogens (tertiary/aromatic N) is 7. The Morgan fingerprint density at radius 3 is 2.60 bits per heavy atom. The quantitative estimate of drug-likeness (QED) is 0.112. The lowest BCUT2D eigenvalue weighted by molar-refractivity contribution is -0.385. The summed E-state index contributed by atoms with van der Waals surface area (Å²) < 4.78 is 0. The van der Waals surface area contributed by atoms with Crippen LogP contribution in [0.25, 0.3) is 33.8 Å². The number of halogens is 2. The summed E-state index contributed by atoms with van der Waals surface area (Å²) in [7, 11) is 0. The fourth-order valence-electron chi connectivity index (χ4n) is 5.54. The molecule has 1 atom stereocenters. The molecule has 1 aliphatic rings. The zero-order chi connectivity index (χ0) is 33.4. The third kappa shape index (κ3) is 5.83. The Balaban J connectivity index is 1.42. The molecule has 15 heteroatoms. The zero-order valence-electron chi connectivity index (χ0n) is 25.2. The molecule has 0 bridgehead atoms. The number of amides is 1. The van der Waals surface area contributed by atoms with Gasteiger partial charge in [-0.1, -0.05) is 42.3 Å². The van der Waals surface area contributed by atoms with Gasteiger partial charge in [-0.2, -0.15) is 11.3 Å². The molecule has 0 fully saturated rings. The highest BCUT2D eigenvalue weighted by molar-refractivity contribution is 7.08. The first kappa shape index (κ1) is 31.2. The van der Waals surface area contributed by atoms with Gasteiger partial charge >= 0.3 is 0 Å². The number of H-pyrrole nitrogens is 1. The number of pyridine rings is 1. The second kappa shape index (κ2) is 13.0. The van der Waals surface area contributed by atoms with Gasteiger partial charge in [-0.15, -0.1) is 0 Å². The molecule has 1 unspecified atom stereocenters. The van der Waals surface area contributed by atoms with E-state index >= 15 is 0 Å². The van der Waals surface area contributed by atoms with Crippen LogP contribution < -0.4 is 15.3 Å². The zero-order valence-corrected chi connectivity index (χ0v) is 27.5. The van der Waals surface area contributed by atoms with Crippen LogP contribution in [0.3, 0.4) is 0 Å². The normalized spacial score (nSPS) is 13.6. The summed E-state index contributed by atoms with van der Waals surface area (Å²) in [4.78, 5) is 48.3. The molecule has 4 aromatic heterocycles. The van der Waals surface area contributed by atoms with Crippen molar-refractivity contribution in [2.24, 2.45) is 0 Å². The summed E-state index contributed by atoms with van der Waals surface area (Å²) >= 11 is 14.5. The first-order chi connectivity index (χ1) is 23.3. The number of carbonyl (C=O) groups is 1. The standard InChI is InChI=1S/C33H25Cl2N9O3S/c1-2-3-29(45)42(33-39-17-25(31-36-11-12-37-31)30(40-33)23-8-5-21(34)15-26(23)35)32-24-7-4-19(20-10-13-48-18-20)14-27(24)41-43(32)28-9-6-22(16-38-28)44(46)47/h4-18,32,41H,2-3H2,1H3,(H,36,37). The maximum Gasteiger partial charge on any atom is 0.287 e. The number of nitro groups is 1. The number of hydrogen-bond donors (Lipinski definition) is 2. The van der Waals surface area contributed by atoms with Crippen LogP contribution in [0, 0.1) is 10.1 Å². The second-order valence-corrected chi connectivity index (χ2v) is 12.4. The van der Waals surface area contributed by atoms with Crippen molar-refractivity contribution in [3.05, 3.63) is 116 Å². The minimum Gasteiger partial charge on any atom is -0.345 e. The average Bonchev–Trinajstić information content (AvgIpc) is 3.88. The van der Waals surface area contributed by atoms with Crippen LogP contribution in [-0.4, -0.2) is 35.8 Å². The van der Waals surface area contributed by atoms with E-state index < -0.39 is 11.1 Å². The van der Waals surface area contributed by atoms with E-state index in [9.17, 15) is 14.9 Å². The Kier molecular flexibility index (Phi) is 8.48. The number of rotatable bonds is 9. The highest BCUT2D eigenvalue weighted by Crippen LogP contribution is 2.44. The fraction of sp³-hybridized carbons (Fsp3) is 0.121. The summed E-state index contributed by atoms with van der Waals surface area (Å²) in [6, 6.07) is 16.0. The van der Waals surface area contributed by atoms with Crippen LogP contribution in [0.4, 0.5) is 23.1 Å². The third-order valence-electron chi connectivity index (χ3n) is 7.77.